The predicted molar refractivity (Wildman–Crippen MR) is 71.0 cm³/mol. The molecule has 0 bridgehead atoms. The highest BCUT2D eigenvalue weighted by atomic mass is 35.5. The molecule has 0 radical (unpaired) electrons. The number of furan rings is 2. The molecule has 3 aromatic rings. The van der Waals surface area contributed by atoms with Crippen molar-refractivity contribution >= 4 is 34.2 Å². The molecular formula is C13H9Cl2NO2. The molecule has 3 nitrogen and oxygen atoms in total. The lowest BCUT2D eigenvalue weighted by Crippen LogP contribution is -2.09. The highest BCUT2D eigenvalue weighted by Gasteiger charge is 2.18. The largest absolute Gasteiger partial charge is 0.457 e. The van der Waals surface area contributed by atoms with Crippen LogP contribution in [0.2, 0.25) is 10.2 Å². The first-order valence-electron chi connectivity index (χ1n) is 5.34. The fourth-order valence-electron chi connectivity index (χ4n) is 1.84. The Morgan fingerprint density at radius 1 is 1.00 bits per heavy atom. The molecule has 0 fully saturated rings. The first-order chi connectivity index (χ1) is 8.65. The zero-order chi connectivity index (χ0) is 12.7. The second-order valence-electron chi connectivity index (χ2n) is 3.93. The summed E-state index contributed by atoms with van der Waals surface area (Å²) in [6, 6.07) is 10.3. The minimum absolute atomic E-state index is 0.301. The Morgan fingerprint density at radius 3 is 2.50 bits per heavy atom. The second kappa shape index (κ2) is 4.35. The van der Waals surface area contributed by atoms with Gasteiger partial charge in [-0.15, -0.1) is 0 Å². The number of nitrogens with two attached hydrogens (primary N) is 1. The molecule has 18 heavy (non-hydrogen) atoms. The van der Waals surface area contributed by atoms with E-state index in [9.17, 15) is 0 Å². The molecule has 2 heterocycles. The van der Waals surface area contributed by atoms with Crippen LogP contribution in [0.25, 0.3) is 11.0 Å². The Labute approximate surface area is 113 Å². The summed E-state index contributed by atoms with van der Waals surface area (Å²) in [6.07, 6.45) is 0. The summed E-state index contributed by atoms with van der Waals surface area (Å²) in [5.74, 6) is 1.14. The molecule has 2 aromatic heterocycles. The fraction of sp³-hybridized carbons (Fsp3) is 0.0769. The standard InChI is InChI=1S/C13H9Cl2NO2/c14-8-3-1-2-7-6-10(18-13(7)8)12(16)9-4-5-11(15)17-9/h1-6,12H,16H2. The molecule has 0 aliphatic heterocycles. The van der Waals surface area contributed by atoms with Crippen molar-refractivity contribution < 1.29 is 8.83 Å². The Balaban J connectivity index is 2.06. The molecular weight excluding hydrogens is 273 g/mol. The van der Waals surface area contributed by atoms with Gasteiger partial charge < -0.3 is 14.6 Å². The van der Waals surface area contributed by atoms with E-state index in [4.69, 9.17) is 37.8 Å². The van der Waals surface area contributed by atoms with Crippen LogP contribution in [0.5, 0.6) is 0 Å². The van der Waals surface area contributed by atoms with Crippen LogP contribution in [0.1, 0.15) is 17.6 Å². The summed E-state index contributed by atoms with van der Waals surface area (Å²) in [5, 5.41) is 1.77. The molecule has 1 unspecified atom stereocenters. The van der Waals surface area contributed by atoms with Gasteiger partial charge in [-0.25, -0.2) is 0 Å². The second-order valence-corrected chi connectivity index (χ2v) is 4.71. The minimum Gasteiger partial charge on any atom is -0.457 e. The summed E-state index contributed by atoms with van der Waals surface area (Å²) in [5.41, 5.74) is 6.68. The van der Waals surface area contributed by atoms with Crippen LogP contribution >= 0.6 is 23.2 Å². The lowest BCUT2D eigenvalue weighted by molar-refractivity contribution is 0.446. The van der Waals surface area contributed by atoms with Gasteiger partial charge in [0, 0.05) is 5.39 Å². The van der Waals surface area contributed by atoms with Crippen molar-refractivity contribution in [3.8, 4) is 0 Å². The highest BCUT2D eigenvalue weighted by Crippen LogP contribution is 2.31. The van der Waals surface area contributed by atoms with Crippen LogP contribution in [0, 0.1) is 0 Å². The lowest BCUT2D eigenvalue weighted by Gasteiger charge is -2.03. The van der Waals surface area contributed by atoms with Gasteiger partial charge in [-0.05, 0) is 35.9 Å². The maximum absolute atomic E-state index is 6.05. The third kappa shape index (κ3) is 1.90. The molecule has 0 aliphatic carbocycles. The molecule has 0 aliphatic rings. The summed E-state index contributed by atoms with van der Waals surface area (Å²) in [7, 11) is 0. The molecule has 1 aromatic carbocycles. The number of fused-ring (bicyclic) bond motifs is 1. The van der Waals surface area contributed by atoms with Crippen molar-refractivity contribution in [3.05, 3.63) is 58.2 Å². The van der Waals surface area contributed by atoms with E-state index in [0.29, 0.717) is 27.3 Å². The number of benzene rings is 1. The van der Waals surface area contributed by atoms with Crippen molar-refractivity contribution in [2.45, 2.75) is 6.04 Å². The Bertz CT molecular complexity index is 702. The average Bonchev–Trinajstić information content (AvgIpc) is 2.95. The Hall–Kier alpha value is -1.42. The number of para-hydroxylation sites is 1. The lowest BCUT2D eigenvalue weighted by atomic mass is 10.1. The molecule has 0 saturated heterocycles. The van der Waals surface area contributed by atoms with E-state index in [0.717, 1.165) is 5.39 Å². The maximum Gasteiger partial charge on any atom is 0.193 e. The van der Waals surface area contributed by atoms with Crippen LogP contribution in [-0.2, 0) is 0 Å². The molecule has 3 rings (SSSR count). The van der Waals surface area contributed by atoms with E-state index in [1.807, 2.05) is 18.2 Å². The van der Waals surface area contributed by atoms with E-state index < -0.39 is 6.04 Å². The van der Waals surface area contributed by atoms with Crippen molar-refractivity contribution in [1.82, 2.24) is 0 Å². The molecule has 92 valence electrons. The molecule has 0 spiro atoms. The van der Waals surface area contributed by atoms with E-state index in [1.165, 1.54) is 0 Å². The summed E-state index contributed by atoms with van der Waals surface area (Å²) >= 11 is 11.8. The average molecular weight is 282 g/mol. The van der Waals surface area contributed by atoms with Crippen LogP contribution in [0.3, 0.4) is 0 Å². The van der Waals surface area contributed by atoms with E-state index in [-0.39, 0.29) is 0 Å². The first kappa shape index (κ1) is 11.7. The van der Waals surface area contributed by atoms with Crippen molar-refractivity contribution in [3.63, 3.8) is 0 Å². The summed E-state index contributed by atoms with van der Waals surface area (Å²) < 4.78 is 10.9. The highest BCUT2D eigenvalue weighted by molar-refractivity contribution is 6.34. The van der Waals surface area contributed by atoms with Gasteiger partial charge in [-0.1, -0.05) is 23.7 Å². The molecule has 1 atom stereocenters. The van der Waals surface area contributed by atoms with Gasteiger partial charge in [-0.3, -0.25) is 0 Å². The van der Waals surface area contributed by atoms with Gasteiger partial charge >= 0.3 is 0 Å². The van der Waals surface area contributed by atoms with Crippen LogP contribution in [0.15, 0.2) is 45.2 Å². The molecule has 5 heteroatoms. The summed E-state index contributed by atoms with van der Waals surface area (Å²) in [4.78, 5) is 0. The Morgan fingerprint density at radius 2 is 1.83 bits per heavy atom. The van der Waals surface area contributed by atoms with Gasteiger partial charge in [0.15, 0.2) is 10.8 Å². The smallest absolute Gasteiger partial charge is 0.193 e. The maximum atomic E-state index is 6.05. The quantitative estimate of drug-likeness (QED) is 0.758. The molecule has 0 saturated carbocycles. The zero-order valence-electron chi connectivity index (χ0n) is 9.19. The SMILES string of the molecule is NC(c1ccc(Cl)o1)c1cc2cccc(Cl)c2o1. The number of rotatable bonds is 2. The van der Waals surface area contributed by atoms with Crippen LogP contribution in [0.4, 0.5) is 0 Å². The van der Waals surface area contributed by atoms with E-state index in [1.54, 1.807) is 18.2 Å². The third-order valence-corrected chi connectivity index (χ3v) is 3.22. The van der Waals surface area contributed by atoms with Crippen molar-refractivity contribution in [2.24, 2.45) is 5.73 Å². The first-order valence-corrected chi connectivity index (χ1v) is 6.09. The van der Waals surface area contributed by atoms with Crippen LogP contribution < -0.4 is 5.73 Å². The van der Waals surface area contributed by atoms with Gasteiger partial charge in [-0.2, -0.15) is 0 Å². The minimum atomic E-state index is -0.499. The van der Waals surface area contributed by atoms with E-state index in [2.05, 4.69) is 0 Å². The van der Waals surface area contributed by atoms with Crippen LogP contribution in [-0.4, -0.2) is 0 Å². The van der Waals surface area contributed by atoms with Gasteiger partial charge in [0.05, 0.1) is 5.02 Å². The van der Waals surface area contributed by atoms with Gasteiger partial charge in [0.25, 0.3) is 0 Å². The molecule has 0 amide bonds. The van der Waals surface area contributed by atoms with Gasteiger partial charge in [0.2, 0.25) is 0 Å². The zero-order valence-corrected chi connectivity index (χ0v) is 10.7. The topological polar surface area (TPSA) is 52.3 Å². The number of hydrogen-bond donors (Lipinski definition) is 1. The Kier molecular flexibility index (Phi) is 2.82. The fourth-order valence-corrected chi connectivity index (χ4v) is 2.21. The van der Waals surface area contributed by atoms with Gasteiger partial charge in [0.1, 0.15) is 17.6 Å². The monoisotopic (exact) mass is 281 g/mol. The van der Waals surface area contributed by atoms with E-state index >= 15 is 0 Å². The number of halogens is 2. The van der Waals surface area contributed by atoms with Crippen molar-refractivity contribution in [2.75, 3.05) is 0 Å². The molecule has 2 N–H and O–H groups in total. The third-order valence-electron chi connectivity index (χ3n) is 2.72. The summed E-state index contributed by atoms with van der Waals surface area (Å²) in [6.45, 7) is 0. The van der Waals surface area contributed by atoms with Crippen molar-refractivity contribution in [1.29, 1.82) is 0 Å². The normalized spacial score (nSPS) is 13.1. The number of hydrogen-bond acceptors (Lipinski definition) is 3. The predicted octanol–water partition coefficient (Wildman–Crippen LogP) is 4.38.